The number of aromatic nitrogens is 2. The van der Waals surface area contributed by atoms with Crippen LogP contribution in [0, 0.1) is 0 Å². The molecule has 0 saturated heterocycles. The van der Waals surface area contributed by atoms with Crippen molar-refractivity contribution in [3.63, 3.8) is 0 Å². The van der Waals surface area contributed by atoms with Crippen LogP contribution in [0.4, 0.5) is 8.78 Å². The molecule has 0 bridgehead atoms. The third-order valence-corrected chi connectivity index (χ3v) is 3.28. The number of amides is 1. The Balaban J connectivity index is 1.67. The van der Waals surface area contributed by atoms with E-state index in [0.29, 0.717) is 19.4 Å². The van der Waals surface area contributed by atoms with E-state index in [9.17, 15) is 13.6 Å². The van der Waals surface area contributed by atoms with Crippen LogP contribution in [-0.2, 0) is 24.7 Å². The fourth-order valence-corrected chi connectivity index (χ4v) is 2.13. The summed E-state index contributed by atoms with van der Waals surface area (Å²) in [7, 11) is 1.85. The number of ether oxygens (including phenoxy) is 1. The number of rotatable bonds is 8. The molecular weight excluding hydrogens is 304 g/mol. The molecule has 0 atom stereocenters. The predicted octanol–water partition coefficient (Wildman–Crippen LogP) is 2.31. The molecule has 0 saturated carbocycles. The van der Waals surface area contributed by atoms with E-state index in [-0.39, 0.29) is 11.7 Å². The van der Waals surface area contributed by atoms with Crippen molar-refractivity contribution in [2.75, 3.05) is 6.54 Å². The van der Waals surface area contributed by atoms with Crippen LogP contribution < -0.4 is 10.1 Å². The van der Waals surface area contributed by atoms with Gasteiger partial charge in [0.05, 0.1) is 6.20 Å². The Morgan fingerprint density at radius 1 is 1.26 bits per heavy atom. The standard InChI is InChI=1S/C16H19F2N3O2/c1-21-11-13(10-20-21)8-9-19-15(22)7-4-12-2-5-14(6-3-12)23-16(17)18/h2-3,5-6,10-11,16H,4,7-9H2,1H3,(H,19,22). The summed E-state index contributed by atoms with van der Waals surface area (Å²) in [6.45, 7) is -2.27. The van der Waals surface area contributed by atoms with Gasteiger partial charge in [-0.2, -0.15) is 13.9 Å². The van der Waals surface area contributed by atoms with Gasteiger partial charge < -0.3 is 10.1 Å². The largest absolute Gasteiger partial charge is 0.435 e. The van der Waals surface area contributed by atoms with Gasteiger partial charge >= 0.3 is 6.61 Å². The molecule has 0 aliphatic rings. The van der Waals surface area contributed by atoms with E-state index in [2.05, 4.69) is 15.2 Å². The summed E-state index contributed by atoms with van der Waals surface area (Å²) in [5, 5.41) is 6.91. The molecule has 1 aromatic carbocycles. The Morgan fingerprint density at radius 2 is 2.00 bits per heavy atom. The first-order chi connectivity index (χ1) is 11.0. The van der Waals surface area contributed by atoms with Crippen molar-refractivity contribution in [3.8, 4) is 5.75 Å². The average Bonchev–Trinajstić information content (AvgIpc) is 2.91. The summed E-state index contributed by atoms with van der Waals surface area (Å²) in [5.41, 5.74) is 1.97. The van der Waals surface area contributed by atoms with Crippen LogP contribution in [0.1, 0.15) is 17.5 Å². The Bertz CT molecular complexity index is 627. The number of hydrogen-bond acceptors (Lipinski definition) is 3. The number of alkyl halides is 2. The van der Waals surface area contributed by atoms with Gasteiger partial charge in [0.2, 0.25) is 5.91 Å². The molecule has 1 heterocycles. The second-order valence-corrected chi connectivity index (χ2v) is 5.14. The highest BCUT2D eigenvalue weighted by molar-refractivity contribution is 5.76. The molecule has 5 nitrogen and oxygen atoms in total. The fraction of sp³-hybridized carbons (Fsp3) is 0.375. The minimum Gasteiger partial charge on any atom is -0.435 e. The zero-order valence-electron chi connectivity index (χ0n) is 12.8. The number of halogens is 2. The molecule has 1 N–H and O–H groups in total. The van der Waals surface area contributed by atoms with Gasteiger partial charge in [0.1, 0.15) is 5.75 Å². The van der Waals surface area contributed by atoms with Crippen LogP contribution in [0.3, 0.4) is 0 Å². The lowest BCUT2D eigenvalue weighted by Gasteiger charge is -2.06. The number of benzene rings is 1. The van der Waals surface area contributed by atoms with Gasteiger partial charge in [-0.05, 0) is 36.1 Å². The maximum absolute atomic E-state index is 12.0. The zero-order valence-corrected chi connectivity index (χ0v) is 12.8. The minimum atomic E-state index is -2.83. The SMILES string of the molecule is Cn1cc(CCNC(=O)CCc2ccc(OC(F)F)cc2)cn1. The normalized spacial score (nSPS) is 10.8. The van der Waals surface area contributed by atoms with Crippen LogP contribution in [-0.4, -0.2) is 28.8 Å². The third kappa shape index (κ3) is 6.06. The van der Waals surface area contributed by atoms with E-state index in [1.165, 1.54) is 12.1 Å². The molecule has 0 radical (unpaired) electrons. The van der Waals surface area contributed by atoms with Crippen LogP contribution in [0.15, 0.2) is 36.7 Å². The lowest BCUT2D eigenvalue weighted by Crippen LogP contribution is -2.25. The van der Waals surface area contributed by atoms with Crippen molar-refractivity contribution in [3.05, 3.63) is 47.8 Å². The van der Waals surface area contributed by atoms with Gasteiger partial charge in [0.15, 0.2) is 0 Å². The quantitative estimate of drug-likeness (QED) is 0.811. The number of aryl methyl sites for hydroxylation is 2. The van der Waals surface area contributed by atoms with Crippen molar-refractivity contribution in [1.82, 2.24) is 15.1 Å². The third-order valence-electron chi connectivity index (χ3n) is 3.28. The van der Waals surface area contributed by atoms with E-state index in [1.54, 1.807) is 23.0 Å². The van der Waals surface area contributed by atoms with E-state index in [0.717, 1.165) is 17.5 Å². The Hall–Kier alpha value is -2.44. The Labute approximate surface area is 133 Å². The highest BCUT2D eigenvalue weighted by Crippen LogP contribution is 2.15. The molecule has 0 fully saturated rings. The molecule has 2 aromatic rings. The van der Waals surface area contributed by atoms with Crippen molar-refractivity contribution in [2.45, 2.75) is 25.9 Å². The molecule has 0 unspecified atom stereocenters. The molecule has 7 heteroatoms. The fourth-order valence-electron chi connectivity index (χ4n) is 2.13. The monoisotopic (exact) mass is 323 g/mol. The van der Waals surface area contributed by atoms with Gasteiger partial charge in [0, 0.05) is 26.2 Å². The zero-order chi connectivity index (χ0) is 16.7. The lowest BCUT2D eigenvalue weighted by atomic mass is 10.1. The van der Waals surface area contributed by atoms with E-state index in [1.807, 2.05) is 13.2 Å². The summed E-state index contributed by atoms with van der Waals surface area (Å²) in [6, 6.07) is 6.31. The number of hydrogen-bond donors (Lipinski definition) is 1. The average molecular weight is 323 g/mol. The smallest absolute Gasteiger partial charge is 0.387 e. The summed E-state index contributed by atoms with van der Waals surface area (Å²) in [5.74, 6) is 0.0754. The molecule has 23 heavy (non-hydrogen) atoms. The van der Waals surface area contributed by atoms with Crippen LogP contribution in [0.25, 0.3) is 0 Å². The molecule has 1 amide bonds. The highest BCUT2D eigenvalue weighted by Gasteiger charge is 2.05. The maximum atomic E-state index is 12.0. The van der Waals surface area contributed by atoms with Crippen molar-refractivity contribution in [2.24, 2.45) is 7.05 Å². The number of carbonyl (C=O) groups is 1. The summed E-state index contributed by atoms with van der Waals surface area (Å²) >= 11 is 0. The van der Waals surface area contributed by atoms with E-state index < -0.39 is 6.61 Å². The highest BCUT2D eigenvalue weighted by atomic mass is 19.3. The second-order valence-electron chi connectivity index (χ2n) is 5.14. The van der Waals surface area contributed by atoms with Crippen LogP contribution in [0.5, 0.6) is 5.75 Å². The van der Waals surface area contributed by atoms with Gasteiger partial charge in [-0.15, -0.1) is 0 Å². The summed E-state index contributed by atoms with van der Waals surface area (Å²) in [4.78, 5) is 11.8. The Kier molecular flexibility index (Phi) is 6.08. The molecule has 0 spiro atoms. The van der Waals surface area contributed by atoms with Crippen molar-refractivity contribution in [1.29, 1.82) is 0 Å². The van der Waals surface area contributed by atoms with Crippen LogP contribution in [0.2, 0.25) is 0 Å². The molecule has 0 aliphatic carbocycles. The topological polar surface area (TPSA) is 56.2 Å². The number of nitrogens with zero attached hydrogens (tertiary/aromatic N) is 2. The maximum Gasteiger partial charge on any atom is 0.387 e. The van der Waals surface area contributed by atoms with Crippen molar-refractivity contribution < 1.29 is 18.3 Å². The van der Waals surface area contributed by atoms with E-state index >= 15 is 0 Å². The molecule has 1 aromatic heterocycles. The number of nitrogens with one attached hydrogen (secondary N) is 1. The van der Waals surface area contributed by atoms with Crippen LogP contribution >= 0.6 is 0 Å². The Morgan fingerprint density at radius 3 is 2.61 bits per heavy atom. The summed E-state index contributed by atoms with van der Waals surface area (Å²) < 4.78 is 30.1. The predicted molar refractivity (Wildman–Crippen MR) is 81.3 cm³/mol. The van der Waals surface area contributed by atoms with Crippen molar-refractivity contribution >= 4 is 5.91 Å². The lowest BCUT2D eigenvalue weighted by molar-refractivity contribution is -0.121. The molecule has 124 valence electrons. The summed E-state index contributed by atoms with van der Waals surface area (Å²) in [6.07, 6.45) is 5.32. The minimum absolute atomic E-state index is 0.0400. The second kappa shape index (κ2) is 8.26. The molecule has 2 rings (SSSR count). The molecule has 0 aliphatic heterocycles. The van der Waals surface area contributed by atoms with E-state index in [4.69, 9.17) is 0 Å². The van der Waals surface area contributed by atoms with Gasteiger partial charge in [-0.1, -0.05) is 12.1 Å². The van der Waals surface area contributed by atoms with Gasteiger partial charge in [-0.25, -0.2) is 0 Å². The first kappa shape index (κ1) is 16.9. The van der Waals surface area contributed by atoms with Gasteiger partial charge in [-0.3, -0.25) is 9.48 Å². The first-order valence-electron chi connectivity index (χ1n) is 7.31. The number of carbonyl (C=O) groups excluding carboxylic acids is 1. The molecular formula is C16H19F2N3O2. The first-order valence-corrected chi connectivity index (χ1v) is 7.31. The van der Waals surface area contributed by atoms with Gasteiger partial charge in [0.25, 0.3) is 0 Å².